The Kier molecular flexibility index (Phi) is 3.24. The Balaban J connectivity index is 2.24. The van der Waals surface area contributed by atoms with Crippen molar-refractivity contribution >= 4 is 21.5 Å². The van der Waals surface area contributed by atoms with E-state index in [9.17, 15) is 8.42 Å². The van der Waals surface area contributed by atoms with E-state index in [4.69, 9.17) is 5.73 Å². The molecule has 2 N–H and O–H groups in total. The minimum absolute atomic E-state index is 0.258. The summed E-state index contributed by atoms with van der Waals surface area (Å²) >= 11 is 0. The van der Waals surface area contributed by atoms with Crippen LogP contribution < -0.4 is 10.0 Å². The molecule has 1 heterocycles. The van der Waals surface area contributed by atoms with Crippen molar-refractivity contribution in [3.05, 3.63) is 18.3 Å². The van der Waals surface area contributed by atoms with Crippen LogP contribution in [-0.2, 0) is 10.0 Å². The maximum atomic E-state index is 12.3. The molecular weight excluding hydrogens is 238 g/mol. The number of nitrogen functional groups attached to an aromatic ring is 1. The fourth-order valence-electron chi connectivity index (χ4n) is 2.12. The van der Waals surface area contributed by atoms with Gasteiger partial charge in [0.2, 0.25) is 10.0 Å². The van der Waals surface area contributed by atoms with E-state index in [0.29, 0.717) is 11.5 Å². The number of rotatable bonds is 3. The zero-order valence-electron chi connectivity index (χ0n) is 9.83. The molecule has 1 aromatic heterocycles. The van der Waals surface area contributed by atoms with Gasteiger partial charge in [-0.2, -0.15) is 0 Å². The van der Waals surface area contributed by atoms with Crippen LogP contribution in [0, 0.1) is 0 Å². The predicted octanol–water partition coefficient (Wildman–Crippen LogP) is 1.37. The summed E-state index contributed by atoms with van der Waals surface area (Å²) in [6, 6.07) is 3.28. The normalized spacial score (nSPS) is 17.2. The predicted molar refractivity (Wildman–Crippen MR) is 68.2 cm³/mol. The summed E-state index contributed by atoms with van der Waals surface area (Å²) in [6.07, 6.45) is 4.96. The van der Waals surface area contributed by atoms with Gasteiger partial charge in [-0.1, -0.05) is 12.8 Å². The van der Waals surface area contributed by atoms with E-state index in [2.05, 4.69) is 4.98 Å². The SMILES string of the molecule is CN(c1ccc(N)cn1)S(=O)(=O)C1CCCC1. The largest absolute Gasteiger partial charge is 0.397 e. The lowest BCUT2D eigenvalue weighted by atomic mass is 10.4. The molecule has 1 fully saturated rings. The number of hydrogen-bond donors (Lipinski definition) is 1. The fourth-order valence-corrected chi connectivity index (χ4v) is 3.87. The lowest BCUT2D eigenvalue weighted by Crippen LogP contribution is -2.35. The van der Waals surface area contributed by atoms with Crippen LogP contribution in [0.2, 0.25) is 0 Å². The van der Waals surface area contributed by atoms with Crippen LogP contribution >= 0.6 is 0 Å². The highest BCUT2D eigenvalue weighted by molar-refractivity contribution is 7.93. The van der Waals surface area contributed by atoms with Crippen LogP contribution in [0.3, 0.4) is 0 Å². The molecule has 0 unspecified atom stereocenters. The molecule has 6 heteroatoms. The first-order chi connectivity index (χ1) is 8.01. The highest BCUT2D eigenvalue weighted by atomic mass is 32.2. The molecule has 0 aliphatic heterocycles. The Labute approximate surface area is 102 Å². The van der Waals surface area contributed by atoms with Crippen LogP contribution in [0.5, 0.6) is 0 Å². The number of nitrogens with two attached hydrogens (primary N) is 1. The van der Waals surface area contributed by atoms with E-state index < -0.39 is 10.0 Å². The minimum Gasteiger partial charge on any atom is -0.397 e. The monoisotopic (exact) mass is 255 g/mol. The van der Waals surface area contributed by atoms with Gasteiger partial charge in [0.25, 0.3) is 0 Å². The second-order valence-electron chi connectivity index (χ2n) is 4.37. The molecule has 0 aromatic carbocycles. The van der Waals surface area contributed by atoms with E-state index in [1.807, 2.05) is 0 Å². The molecule has 0 bridgehead atoms. The fraction of sp³-hybridized carbons (Fsp3) is 0.545. The summed E-state index contributed by atoms with van der Waals surface area (Å²) < 4.78 is 25.8. The van der Waals surface area contributed by atoms with Gasteiger partial charge < -0.3 is 5.73 Å². The summed E-state index contributed by atoms with van der Waals surface area (Å²) in [6.45, 7) is 0. The molecule has 0 spiro atoms. The highest BCUT2D eigenvalue weighted by Gasteiger charge is 2.32. The van der Waals surface area contributed by atoms with Crippen LogP contribution in [0.1, 0.15) is 25.7 Å². The molecule has 2 rings (SSSR count). The molecule has 1 aliphatic rings. The third kappa shape index (κ3) is 2.36. The molecule has 94 valence electrons. The van der Waals surface area contributed by atoms with E-state index in [1.54, 1.807) is 19.2 Å². The number of nitrogens with zero attached hydrogens (tertiary/aromatic N) is 2. The number of anilines is 2. The molecule has 1 aliphatic carbocycles. The Morgan fingerprint density at radius 1 is 1.35 bits per heavy atom. The van der Waals surface area contributed by atoms with Gasteiger partial charge in [-0.3, -0.25) is 4.31 Å². The third-order valence-electron chi connectivity index (χ3n) is 3.20. The van der Waals surface area contributed by atoms with Gasteiger partial charge in [-0.15, -0.1) is 0 Å². The molecule has 0 atom stereocenters. The van der Waals surface area contributed by atoms with Crippen molar-refractivity contribution in [2.45, 2.75) is 30.9 Å². The average molecular weight is 255 g/mol. The van der Waals surface area contributed by atoms with Crippen molar-refractivity contribution in [2.24, 2.45) is 0 Å². The van der Waals surface area contributed by atoms with Gasteiger partial charge in [0, 0.05) is 7.05 Å². The molecular formula is C11H17N3O2S. The first-order valence-corrected chi connectivity index (χ1v) is 7.21. The summed E-state index contributed by atoms with van der Waals surface area (Å²) in [5, 5.41) is -0.258. The second-order valence-corrected chi connectivity index (χ2v) is 6.61. The van der Waals surface area contributed by atoms with Crippen molar-refractivity contribution in [1.29, 1.82) is 0 Å². The average Bonchev–Trinajstić information content (AvgIpc) is 2.83. The van der Waals surface area contributed by atoms with Gasteiger partial charge in [0.1, 0.15) is 5.82 Å². The summed E-state index contributed by atoms with van der Waals surface area (Å²) in [4.78, 5) is 4.04. The summed E-state index contributed by atoms with van der Waals surface area (Å²) in [5.41, 5.74) is 6.06. The van der Waals surface area contributed by atoms with Gasteiger partial charge in [0.05, 0.1) is 17.1 Å². The lowest BCUT2D eigenvalue weighted by Gasteiger charge is -2.22. The van der Waals surface area contributed by atoms with E-state index in [0.717, 1.165) is 25.7 Å². The van der Waals surface area contributed by atoms with Crippen molar-refractivity contribution in [3.8, 4) is 0 Å². The molecule has 5 nitrogen and oxygen atoms in total. The Bertz CT molecular complexity index is 478. The number of hydrogen-bond acceptors (Lipinski definition) is 4. The molecule has 1 aromatic rings. The molecule has 0 amide bonds. The van der Waals surface area contributed by atoms with E-state index >= 15 is 0 Å². The van der Waals surface area contributed by atoms with Crippen LogP contribution in [0.4, 0.5) is 11.5 Å². The van der Waals surface area contributed by atoms with Gasteiger partial charge in [-0.25, -0.2) is 13.4 Å². The smallest absolute Gasteiger partial charge is 0.238 e. The Morgan fingerprint density at radius 3 is 2.53 bits per heavy atom. The highest BCUT2D eigenvalue weighted by Crippen LogP contribution is 2.28. The van der Waals surface area contributed by atoms with Gasteiger partial charge >= 0.3 is 0 Å². The zero-order valence-corrected chi connectivity index (χ0v) is 10.7. The Morgan fingerprint density at radius 2 is 2.00 bits per heavy atom. The quantitative estimate of drug-likeness (QED) is 0.885. The standard InChI is InChI=1S/C11H17N3O2S/c1-14(11-7-6-9(12)8-13-11)17(15,16)10-4-2-3-5-10/h6-8,10H,2-5,12H2,1H3. The first kappa shape index (κ1) is 12.2. The van der Waals surface area contributed by atoms with Gasteiger partial charge in [0.15, 0.2) is 0 Å². The maximum Gasteiger partial charge on any atom is 0.238 e. The van der Waals surface area contributed by atoms with Crippen molar-refractivity contribution in [2.75, 3.05) is 17.1 Å². The number of aromatic nitrogens is 1. The van der Waals surface area contributed by atoms with Crippen LogP contribution in [0.15, 0.2) is 18.3 Å². The summed E-state index contributed by atoms with van der Waals surface area (Å²) in [5.74, 6) is 0.422. The molecule has 0 saturated heterocycles. The van der Waals surface area contributed by atoms with Crippen molar-refractivity contribution < 1.29 is 8.42 Å². The third-order valence-corrected chi connectivity index (χ3v) is 5.46. The molecule has 0 radical (unpaired) electrons. The van der Waals surface area contributed by atoms with E-state index in [-0.39, 0.29) is 5.25 Å². The summed E-state index contributed by atoms with van der Waals surface area (Å²) in [7, 11) is -1.73. The zero-order chi connectivity index (χ0) is 12.5. The van der Waals surface area contributed by atoms with Crippen molar-refractivity contribution in [1.82, 2.24) is 4.98 Å². The van der Waals surface area contributed by atoms with Gasteiger partial charge in [-0.05, 0) is 25.0 Å². The van der Waals surface area contributed by atoms with E-state index in [1.165, 1.54) is 10.5 Å². The van der Waals surface area contributed by atoms with Crippen molar-refractivity contribution in [3.63, 3.8) is 0 Å². The second kappa shape index (κ2) is 4.52. The topological polar surface area (TPSA) is 76.3 Å². The maximum absolute atomic E-state index is 12.3. The number of pyridine rings is 1. The molecule has 17 heavy (non-hydrogen) atoms. The van der Waals surface area contributed by atoms with Crippen LogP contribution in [0.25, 0.3) is 0 Å². The Hall–Kier alpha value is -1.30. The first-order valence-electron chi connectivity index (χ1n) is 5.71. The molecule has 1 saturated carbocycles. The minimum atomic E-state index is -3.27. The number of sulfonamides is 1. The van der Waals surface area contributed by atoms with Crippen LogP contribution in [-0.4, -0.2) is 25.7 Å². The lowest BCUT2D eigenvalue weighted by molar-refractivity contribution is 0.577.